The number of terminal acetylenes is 1. The third-order valence-electron chi connectivity index (χ3n) is 5.47. The van der Waals surface area contributed by atoms with Gasteiger partial charge in [0.15, 0.2) is 0 Å². The van der Waals surface area contributed by atoms with Crippen molar-refractivity contribution in [1.29, 1.82) is 0 Å². The number of aliphatic carboxylic acids is 1. The summed E-state index contributed by atoms with van der Waals surface area (Å²) in [6.45, 7) is 0.124. The van der Waals surface area contributed by atoms with E-state index < -0.39 is 18.1 Å². The summed E-state index contributed by atoms with van der Waals surface area (Å²) in [5.41, 5.74) is 5.83. The Labute approximate surface area is 180 Å². The smallest absolute Gasteiger partial charge is 0.407 e. The van der Waals surface area contributed by atoms with E-state index in [0.717, 1.165) is 27.8 Å². The van der Waals surface area contributed by atoms with Crippen molar-refractivity contribution in [3.63, 3.8) is 0 Å². The number of carboxylic acid groups (broad SMARTS) is 1. The molecule has 3 aromatic rings. The molecule has 0 saturated carbocycles. The summed E-state index contributed by atoms with van der Waals surface area (Å²) >= 11 is 0. The molecule has 154 valence electrons. The van der Waals surface area contributed by atoms with Gasteiger partial charge in [0.25, 0.3) is 0 Å². The van der Waals surface area contributed by atoms with E-state index in [1.807, 2.05) is 36.4 Å². The Morgan fingerprint density at radius 3 is 2.26 bits per heavy atom. The summed E-state index contributed by atoms with van der Waals surface area (Å²) in [6.07, 6.45) is 4.75. The van der Waals surface area contributed by atoms with Crippen LogP contribution in [0.15, 0.2) is 72.8 Å². The number of ether oxygens (including phenoxy) is 1. The van der Waals surface area contributed by atoms with E-state index in [0.29, 0.717) is 5.56 Å². The standard InChI is InChI=1S/C26H21NO4/c1-2-17-8-7-9-18(14-17)15-24(25(28)29)27-26(30)31-16-23-21-12-5-3-10-19(21)20-11-4-6-13-22(20)23/h1,3-14,23-24H,15-16H2,(H,27,30)(H,28,29)/t24-/m0/s1. The van der Waals surface area contributed by atoms with Crippen molar-refractivity contribution in [3.05, 3.63) is 95.1 Å². The van der Waals surface area contributed by atoms with Gasteiger partial charge in [-0.1, -0.05) is 66.6 Å². The molecule has 2 N–H and O–H groups in total. The second kappa shape index (κ2) is 8.76. The lowest BCUT2D eigenvalue weighted by Crippen LogP contribution is -2.42. The molecule has 0 heterocycles. The maximum Gasteiger partial charge on any atom is 0.407 e. The van der Waals surface area contributed by atoms with Crippen LogP contribution in [0.25, 0.3) is 11.1 Å². The minimum Gasteiger partial charge on any atom is -0.480 e. The van der Waals surface area contributed by atoms with Crippen LogP contribution in [-0.4, -0.2) is 29.8 Å². The van der Waals surface area contributed by atoms with Gasteiger partial charge in [0, 0.05) is 17.9 Å². The van der Waals surface area contributed by atoms with Crippen LogP contribution in [0.4, 0.5) is 4.79 Å². The number of amides is 1. The van der Waals surface area contributed by atoms with E-state index in [4.69, 9.17) is 11.2 Å². The van der Waals surface area contributed by atoms with Crippen molar-refractivity contribution in [2.45, 2.75) is 18.4 Å². The highest BCUT2D eigenvalue weighted by molar-refractivity contribution is 5.81. The topological polar surface area (TPSA) is 75.6 Å². The first-order chi connectivity index (χ1) is 15.1. The third-order valence-corrected chi connectivity index (χ3v) is 5.47. The van der Waals surface area contributed by atoms with Gasteiger partial charge in [-0.3, -0.25) is 0 Å². The van der Waals surface area contributed by atoms with Gasteiger partial charge in [-0.25, -0.2) is 9.59 Å². The van der Waals surface area contributed by atoms with Gasteiger partial charge in [0.1, 0.15) is 12.6 Å². The molecule has 0 unspecified atom stereocenters. The summed E-state index contributed by atoms with van der Waals surface area (Å²) in [7, 11) is 0. The predicted octanol–water partition coefficient (Wildman–Crippen LogP) is 4.20. The Balaban J connectivity index is 1.43. The average molecular weight is 411 g/mol. The maximum absolute atomic E-state index is 12.4. The van der Waals surface area contributed by atoms with E-state index in [9.17, 15) is 14.7 Å². The van der Waals surface area contributed by atoms with Crippen molar-refractivity contribution in [2.24, 2.45) is 0 Å². The van der Waals surface area contributed by atoms with Crippen LogP contribution in [-0.2, 0) is 16.0 Å². The molecule has 0 aliphatic heterocycles. The van der Waals surface area contributed by atoms with Gasteiger partial charge >= 0.3 is 12.1 Å². The largest absolute Gasteiger partial charge is 0.480 e. The summed E-state index contributed by atoms with van der Waals surface area (Å²) in [4.78, 5) is 24.1. The molecule has 0 radical (unpaired) electrons. The molecular weight excluding hydrogens is 390 g/mol. The fourth-order valence-electron chi connectivity index (χ4n) is 4.01. The lowest BCUT2D eigenvalue weighted by molar-refractivity contribution is -0.139. The number of fused-ring (bicyclic) bond motifs is 3. The SMILES string of the molecule is C#Cc1cccc(C[C@H](NC(=O)OCC2c3ccccc3-c3ccccc32)C(=O)O)c1. The first-order valence-corrected chi connectivity index (χ1v) is 9.96. The number of benzene rings is 3. The molecule has 4 rings (SSSR count). The van der Waals surface area contributed by atoms with Crippen molar-refractivity contribution >= 4 is 12.1 Å². The zero-order valence-electron chi connectivity index (χ0n) is 16.7. The summed E-state index contributed by atoms with van der Waals surface area (Å²) < 4.78 is 5.46. The maximum atomic E-state index is 12.4. The minimum atomic E-state index is -1.14. The Kier molecular flexibility index (Phi) is 5.72. The second-order valence-corrected chi connectivity index (χ2v) is 7.41. The molecule has 5 nitrogen and oxygen atoms in total. The molecular formula is C26H21NO4. The van der Waals surface area contributed by atoms with Crippen LogP contribution in [0.5, 0.6) is 0 Å². The number of nitrogens with one attached hydrogen (secondary N) is 1. The number of carbonyl (C=O) groups excluding carboxylic acids is 1. The lowest BCUT2D eigenvalue weighted by atomic mass is 9.98. The number of rotatable bonds is 6. The van der Waals surface area contributed by atoms with Gasteiger partial charge in [-0.15, -0.1) is 6.42 Å². The fraction of sp³-hybridized carbons (Fsp3) is 0.154. The van der Waals surface area contributed by atoms with Crippen LogP contribution >= 0.6 is 0 Å². The van der Waals surface area contributed by atoms with Crippen LogP contribution < -0.4 is 5.32 Å². The first-order valence-electron chi connectivity index (χ1n) is 9.96. The van der Waals surface area contributed by atoms with Crippen molar-refractivity contribution in [3.8, 4) is 23.5 Å². The molecule has 31 heavy (non-hydrogen) atoms. The summed E-state index contributed by atoms with van der Waals surface area (Å²) in [5.74, 6) is 1.29. The van der Waals surface area contributed by atoms with Crippen molar-refractivity contribution in [1.82, 2.24) is 5.32 Å². The summed E-state index contributed by atoms with van der Waals surface area (Å²) in [5, 5.41) is 12.0. The highest BCUT2D eigenvalue weighted by Gasteiger charge is 2.29. The molecule has 0 spiro atoms. The van der Waals surface area contributed by atoms with Crippen LogP contribution in [0.2, 0.25) is 0 Å². The molecule has 0 bridgehead atoms. The van der Waals surface area contributed by atoms with Crippen LogP contribution in [0, 0.1) is 12.3 Å². The van der Waals surface area contributed by atoms with Gasteiger partial charge in [0.05, 0.1) is 0 Å². The van der Waals surface area contributed by atoms with E-state index in [2.05, 4.69) is 23.4 Å². The second-order valence-electron chi connectivity index (χ2n) is 7.41. The fourth-order valence-corrected chi connectivity index (χ4v) is 4.01. The number of carboxylic acids is 1. The van der Waals surface area contributed by atoms with Gasteiger partial charge in [-0.2, -0.15) is 0 Å². The molecule has 0 saturated heterocycles. The van der Waals surface area contributed by atoms with E-state index in [-0.39, 0.29) is 18.9 Å². The number of carbonyl (C=O) groups is 2. The van der Waals surface area contributed by atoms with Crippen LogP contribution in [0.1, 0.15) is 28.2 Å². The average Bonchev–Trinajstić information content (AvgIpc) is 3.11. The van der Waals surface area contributed by atoms with E-state index >= 15 is 0 Å². The molecule has 3 aromatic carbocycles. The highest BCUT2D eigenvalue weighted by Crippen LogP contribution is 2.44. The molecule has 1 aliphatic carbocycles. The van der Waals surface area contributed by atoms with Crippen LogP contribution in [0.3, 0.4) is 0 Å². The van der Waals surface area contributed by atoms with Crippen molar-refractivity contribution in [2.75, 3.05) is 6.61 Å². The Hall–Kier alpha value is -4.04. The number of hydrogen-bond donors (Lipinski definition) is 2. The normalized spacial score (nSPS) is 12.9. The van der Waals surface area contributed by atoms with Gasteiger partial charge in [0.2, 0.25) is 0 Å². The Bertz CT molecular complexity index is 1130. The molecule has 0 fully saturated rings. The molecule has 0 aromatic heterocycles. The number of hydrogen-bond acceptors (Lipinski definition) is 3. The monoisotopic (exact) mass is 411 g/mol. The van der Waals surface area contributed by atoms with Crippen molar-refractivity contribution < 1.29 is 19.4 Å². The highest BCUT2D eigenvalue weighted by atomic mass is 16.5. The summed E-state index contributed by atoms with van der Waals surface area (Å²) in [6, 6.07) is 22.0. The van der Waals surface area contributed by atoms with E-state index in [1.165, 1.54) is 0 Å². The first kappa shape index (κ1) is 20.2. The Morgan fingerprint density at radius 2 is 1.65 bits per heavy atom. The zero-order valence-corrected chi connectivity index (χ0v) is 16.7. The van der Waals surface area contributed by atoms with E-state index in [1.54, 1.807) is 24.3 Å². The molecule has 1 amide bonds. The van der Waals surface area contributed by atoms with Gasteiger partial charge < -0.3 is 15.2 Å². The lowest BCUT2D eigenvalue weighted by Gasteiger charge is -2.17. The third kappa shape index (κ3) is 4.29. The number of alkyl carbamates (subject to hydrolysis) is 1. The molecule has 1 atom stereocenters. The molecule has 1 aliphatic rings. The minimum absolute atomic E-state index is 0.0891. The quantitative estimate of drug-likeness (QED) is 0.596. The zero-order chi connectivity index (χ0) is 21.8. The molecule has 5 heteroatoms. The van der Waals surface area contributed by atoms with Gasteiger partial charge in [-0.05, 0) is 39.9 Å². The predicted molar refractivity (Wildman–Crippen MR) is 118 cm³/mol. The Morgan fingerprint density at radius 1 is 1.00 bits per heavy atom.